The van der Waals surface area contributed by atoms with Gasteiger partial charge < -0.3 is 14.4 Å². The number of carbonyl (C=O) groups excluding carboxylic acids is 1. The molecular weight excluding hydrogens is 278 g/mol. The number of hydrogen-bond donors (Lipinski definition) is 0. The summed E-state index contributed by atoms with van der Waals surface area (Å²) < 4.78 is 10.9. The van der Waals surface area contributed by atoms with Gasteiger partial charge in [-0.25, -0.2) is 0 Å². The molecule has 0 radical (unpaired) electrons. The van der Waals surface area contributed by atoms with Gasteiger partial charge in [0, 0.05) is 6.54 Å². The van der Waals surface area contributed by atoms with Crippen molar-refractivity contribution in [3.8, 4) is 11.5 Å². The first-order chi connectivity index (χ1) is 10.8. The van der Waals surface area contributed by atoms with Gasteiger partial charge in [0.1, 0.15) is 0 Å². The van der Waals surface area contributed by atoms with Crippen LogP contribution in [0, 0.1) is 0 Å². The van der Waals surface area contributed by atoms with Crippen LogP contribution in [0.25, 0.3) is 0 Å². The minimum Gasteiger partial charge on any atom is -0.493 e. The predicted molar refractivity (Wildman–Crippen MR) is 83.4 cm³/mol. The van der Waals surface area contributed by atoms with Crippen molar-refractivity contribution in [3.05, 3.63) is 34.4 Å². The van der Waals surface area contributed by atoms with Gasteiger partial charge in [-0.05, 0) is 49.3 Å². The van der Waals surface area contributed by atoms with Crippen LogP contribution in [-0.2, 0) is 0 Å². The molecule has 0 N–H and O–H groups in total. The molecule has 4 nitrogen and oxygen atoms in total. The third-order valence-electron chi connectivity index (χ3n) is 5.27. The van der Waals surface area contributed by atoms with Gasteiger partial charge in [0.25, 0.3) is 5.91 Å². The lowest BCUT2D eigenvalue weighted by atomic mass is 9.81. The van der Waals surface area contributed by atoms with Crippen LogP contribution in [0.4, 0.5) is 0 Å². The van der Waals surface area contributed by atoms with E-state index in [1.807, 2.05) is 17.0 Å². The van der Waals surface area contributed by atoms with Crippen LogP contribution in [0.15, 0.2) is 23.3 Å². The van der Waals surface area contributed by atoms with Crippen LogP contribution in [-0.4, -0.2) is 31.6 Å². The molecule has 0 unspecified atom stereocenters. The zero-order valence-electron chi connectivity index (χ0n) is 13.1. The van der Waals surface area contributed by atoms with Crippen LogP contribution in [0.5, 0.6) is 11.5 Å². The van der Waals surface area contributed by atoms with Gasteiger partial charge in [-0.2, -0.15) is 0 Å². The van der Waals surface area contributed by atoms with Crippen molar-refractivity contribution in [3.63, 3.8) is 0 Å². The highest BCUT2D eigenvalue weighted by atomic mass is 16.5. The summed E-state index contributed by atoms with van der Waals surface area (Å²) in [6.45, 7) is 0.822. The molecule has 2 aliphatic heterocycles. The number of rotatable bonds is 2. The summed E-state index contributed by atoms with van der Waals surface area (Å²) in [7, 11) is 3.22. The molecule has 0 aromatic heterocycles. The van der Waals surface area contributed by atoms with Crippen molar-refractivity contribution in [1.29, 1.82) is 0 Å². The molecule has 4 rings (SSSR count). The predicted octanol–water partition coefficient (Wildman–Crippen LogP) is 3.48. The zero-order valence-corrected chi connectivity index (χ0v) is 13.1. The number of ether oxygens (including phenoxy) is 2. The van der Waals surface area contributed by atoms with E-state index < -0.39 is 0 Å². The normalized spacial score (nSPS) is 23.1. The number of methoxy groups -OCH3 is 2. The summed E-state index contributed by atoms with van der Waals surface area (Å²) in [6, 6.07) is 4.10. The van der Waals surface area contributed by atoms with E-state index in [9.17, 15) is 4.79 Å². The topological polar surface area (TPSA) is 38.8 Å². The molecule has 3 aliphatic rings. The molecule has 1 aromatic carbocycles. The lowest BCUT2D eigenvalue weighted by Crippen LogP contribution is -2.35. The van der Waals surface area contributed by atoms with Gasteiger partial charge in [0.05, 0.1) is 25.8 Å². The van der Waals surface area contributed by atoms with E-state index in [0.29, 0.717) is 17.1 Å². The third kappa shape index (κ3) is 1.73. The van der Waals surface area contributed by atoms with Crippen LogP contribution >= 0.6 is 0 Å². The fourth-order valence-corrected chi connectivity index (χ4v) is 4.29. The maximum absolute atomic E-state index is 12.9. The number of fused-ring (bicyclic) bond motifs is 4. The summed E-state index contributed by atoms with van der Waals surface area (Å²) in [6.07, 6.45) is 5.89. The van der Waals surface area contributed by atoms with Crippen molar-refractivity contribution >= 4 is 5.91 Å². The van der Waals surface area contributed by atoms with E-state index in [0.717, 1.165) is 24.9 Å². The Morgan fingerprint density at radius 2 is 1.91 bits per heavy atom. The standard InChI is InChI=1S/C18H21NO3/c1-21-14-8-7-13-15(17(14)22-2)18(20)19-10-9-11-5-3-4-6-12(11)16(13)19/h7-8,16H,3-6,9-10H2,1-2H3/t16-/m0/s1. The van der Waals surface area contributed by atoms with Gasteiger partial charge in [-0.3, -0.25) is 4.79 Å². The minimum absolute atomic E-state index is 0.0906. The van der Waals surface area contributed by atoms with Gasteiger partial charge in [0.2, 0.25) is 0 Å². The Labute approximate surface area is 130 Å². The molecule has 1 aliphatic carbocycles. The van der Waals surface area contributed by atoms with Crippen LogP contribution in [0.2, 0.25) is 0 Å². The van der Waals surface area contributed by atoms with Crippen molar-refractivity contribution in [2.75, 3.05) is 20.8 Å². The van der Waals surface area contributed by atoms with Crippen molar-refractivity contribution in [1.82, 2.24) is 4.90 Å². The summed E-state index contributed by atoms with van der Waals surface area (Å²) in [5.74, 6) is 1.30. The second-order valence-corrected chi connectivity index (χ2v) is 6.25. The zero-order chi connectivity index (χ0) is 15.3. The second-order valence-electron chi connectivity index (χ2n) is 6.25. The smallest absolute Gasteiger partial charge is 0.258 e. The molecule has 4 heteroatoms. The molecular formula is C18H21NO3. The van der Waals surface area contributed by atoms with Gasteiger partial charge in [-0.15, -0.1) is 0 Å². The monoisotopic (exact) mass is 299 g/mol. The van der Waals surface area contributed by atoms with Crippen molar-refractivity contribution in [2.45, 2.75) is 38.1 Å². The summed E-state index contributed by atoms with van der Waals surface area (Å²) in [5.41, 5.74) is 4.86. The Morgan fingerprint density at radius 3 is 2.68 bits per heavy atom. The first-order valence-corrected chi connectivity index (χ1v) is 8.03. The van der Waals surface area contributed by atoms with Crippen molar-refractivity contribution in [2.24, 2.45) is 0 Å². The molecule has 1 aromatic rings. The third-order valence-corrected chi connectivity index (χ3v) is 5.27. The number of benzene rings is 1. The van der Waals surface area contributed by atoms with E-state index in [4.69, 9.17) is 9.47 Å². The number of amides is 1. The maximum atomic E-state index is 12.9. The average molecular weight is 299 g/mol. The summed E-state index contributed by atoms with van der Waals surface area (Å²) in [4.78, 5) is 14.9. The molecule has 0 spiro atoms. The van der Waals surface area contributed by atoms with E-state index in [1.54, 1.807) is 19.8 Å². The number of hydrogen-bond acceptors (Lipinski definition) is 3. The quantitative estimate of drug-likeness (QED) is 0.785. The average Bonchev–Trinajstić information content (AvgIpc) is 2.87. The molecule has 0 fully saturated rings. The molecule has 0 saturated carbocycles. The largest absolute Gasteiger partial charge is 0.493 e. The van der Waals surface area contributed by atoms with Crippen LogP contribution in [0.3, 0.4) is 0 Å². The minimum atomic E-state index is 0.0906. The molecule has 116 valence electrons. The van der Waals surface area contributed by atoms with Gasteiger partial charge in [0.15, 0.2) is 11.5 Å². The molecule has 0 saturated heterocycles. The molecule has 2 heterocycles. The lowest BCUT2D eigenvalue weighted by Gasteiger charge is -2.37. The fraction of sp³-hybridized carbons (Fsp3) is 0.500. The molecule has 1 amide bonds. The molecule has 22 heavy (non-hydrogen) atoms. The van der Waals surface area contributed by atoms with Crippen LogP contribution < -0.4 is 9.47 Å². The molecule has 1 atom stereocenters. The van der Waals surface area contributed by atoms with E-state index >= 15 is 0 Å². The van der Waals surface area contributed by atoms with Gasteiger partial charge >= 0.3 is 0 Å². The maximum Gasteiger partial charge on any atom is 0.258 e. The Bertz CT molecular complexity index is 677. The van der Waals surface area contributed by atoms with Crippen molar-refractivity contribution < 1.29 is 14.3 Å². The van der Waals surface area contributed by atoms with E-state index in [1.165, 1.54) is 24.8 Å². The lowest BCUT2D eigenvalue weighted by molar-refractivity contribution is 0.0729. The fourth-order valence-electron chi connectivity index (χ4n) is 4.29. The summed E-state index contributed by atoms with van der Waals surface area (Å²) in [5, 5.41) is 0. The first-order valence-electron chi connectivity index (χ1n) is 8.03. The SMILES string of the molecule is COc1ccc2c(c1OC)C(=O)N1CCC3=C(CCCC3)[C@@H]21. The van der Waals surface area contributed by atoms with Gasteiger partial charge in [-0.1, -0.05) is 11.6 Å². The van der Waals surface area contributed by atoms with Crippen LogP contribution in [0.1, 0.15) is 54.1 Å². The Balaban J connectivity index is 1.90. The Morgan fingerprint density at radius 1 is 1.09 bits per heavy atom. The van der Waals surface area contributed by atoms with E-state index in [2.05, 4.69) is 0 Å². The highest BCUT2D eigenvalue weighted by molar-refractivity contribution is 6.03. The Hall–Kier alpha value is -1.97. The molecule has 0 bridgehead atoms. The number of nitrogens with zero attached hydrogens (tertiary/aromatic N) is 1. The second kappa shape index (κ2) is 5.04. The highest BCUT2D eigenvalue weighted by Gasteiger charge is 2.44. The summed E-state index contributed by atoms with van der Waals surface area (Å²) >= 11 is 0. The highest BCUT2D eigenvalue weighted by Crippen LogP contribution is 2.51. The van der Waals surface area contributed by atoms with E-state index in [-0.39, 0.29) is 11.9 Å². The number of carbonyl (C=O) groups is 1. The first kappa shape index (κ1) is 13.7. The Kier molecular flexibility index (Phi) is 3.13.